The second kappa shape index (κ2) is 5.45. The Labute approximate surface area is 142 Å². The summed E-state index contributed by atoms with van der Waals surface area (Å²) in [7, 11) is 0. The molecule has 0 aliphatic heterocycles. The van der Waals surface area contributed by atoms with Gasteiger partial charge in [0.15, 0.2) is 23.3 Å². The highest BCUT2D eigenvalue weighted by Gasteiger charge is 2.31. The topological polar surface area (TPSA) is 0 Å². The minimum atomic E-state index is -1.13. The molecule has 0 nitrogen and oxygen atoms in total. The minimum absolute atomic E-state index is 0.127. The molecular formula is C21H14F4. The third-order valence-electron chi connectivity index (χ3n) is 4.75. The van der Waals surface area contributed by atoms with Crippen molar-refractivity contribution in [3.8, 4) is 22.3 Å². The van der Waals surface area contributed by atoms with E-state index < -0.39 is 23.3 Å². The van der Waals surface area contributed by atoms with Crippen LogP contribution in [0.5, 0.6) is 0 Å². The Morgan fingerprint density at radius 1 is 0.680 bits per heavy atom. The van der Waals surface area contributed by atoms with Crippen LogP contribution >= 0.6 is 0 Å². The van der Waals surface area contributed by atoms with Crippen LogP contribution in [-0.2, 0) is 6.42 Å². The zero-order chi connectivity index (χ0) is 17.9. The average molecular weight is 342 g/mol. The van der Waals surface area contributed by atoms with Gasteiger partial charge in [0.05, 0.1) is 0 Å². The second-order valence-electron chi connectivity index (χ2n) is 6.48. The van der Waals surface area contributed by atoms with E-state index in [2.05, 4.69) is 0 Å². The number of aryl methyl sites for hydroxylation is 2. The zero-order valence-corrected chi connectivity index (χ0v) is 13.7. The van der Waals surface area contributed by atoms with Gasteiger partial charge in [0.2, 0.25) is 0 Å². The molecule has 25 heavy (non-hydrogen) atoms. The fourth-order valence-electron chi connectivity index (χ4n) is 3.47. The molecule has 0 amide bonds. The van der Waals surface area contributed by atoms with E-state index in [0.29, 0.717) is 16.7 Å². The summed E-state index contributed by atoms with van der Waals surface area (Å²) in [6.45, 7) is 3.36. The lowest BCUT2D eigenvalue weighted by Gasteiger charge is -2.11. The van der Waals surface area contributed by atoms with Crippen molar-refractivity contribution in [2.24, 2.45) is 0 Å². The average Bonchev–Trinajstić information content (AvgIpc) is 2.95. The maximum Gasteiger partial charge on any atom is 0.167 e. The number of hydrogen-bond acceptors (Lipinski definition) is 0. The highest BCUT2D eigenvalue weighted by Crippen LogP contribution is 2.44. The van der Waals surface area contributed by atoms with Crippen LogP contribution in [-0.4, -0.2) is 0 Å². The fourth-order valence-corrected chi connectivity index (χ4v) is 3.47. The van der Waals surface area contributed by atoms with E-state index in [-0.39, 0.29) is 28.7 Å². The summed E-state index contributed by atoms with van der Waals surface area (Å²) >= 11 is 0. The molecule has 0 saturated carbocycles. The zero-order valence-electron chi connectivity index (χ0n) is 13.7. The van der Waals surface area contributed by atoms with E-state index in [4.69, 9.17) is 0 Å². The van der Waals surface area contributed by atoms with Crippen LogP contribution in [0, 0.1) is 37.1 Å². The van der Waals surface area contributed by atoms with Gasteiger partial charge in [0, 0.05) is 16.7 Å². The van der Waals surface area contributed by atoms with Crippen molar-refractivity contribution in [1.82, 2.24) is 0 Å². The van der Waals surface area contributed by atoms with E-state index in [0.717, 1.165) is 5.56 Å². The van der Waals surface area contributed by atoms with Crippen LogP contribution in [0.15, 0.2) is 36.4 Å². The Kier molecular flexibility index (Phi) is 3.46. The Hall–Kier alpha value is -2.62. The standard InChI is InChI=1S/C21H14F4/c1-10-3-5-12(6-4-10)15-9-14-8-13-7-11(2)18(22)20(24)16(13)17(14)21(25)19(15)23/h3-7,9H,8H2,1-2H3. The molecule has 3 aromatic carbocycles. The summed E-state index contributed by atoms with van der Waals surface area (Å²) in [5.41, 5.74) is 2.45. The van der Waals surface area contributed by atoms with Gasteiger partial charge in [-0.25, -0.2) is 17.6 Å². The molecule has 0 fully saturated rings. The Morgan fingerprint density at radius 2 is 1.24 bits per heavy atom. The summed E-state index contributed by atoms with van der Waals surface area (Å²) < 4.78 is 57.7. The molecule has 0 heterocycles. The molecule has 4 rings (SSSR count). The predicted molar refractivity (Wildman–Crippen MR) is 89.4 cm³/mol. The van der Waals surface area contributed by atoms with Crippen LogP contribution < -0.4 is 0 Å². The molecule has 0 atom stereocenters. The molecule has 1 aliphatic carbocycles. The number of hydrogen-bond donors (Lipinski definition) is 0. The van der Waals surface area contributed by atoms with Gasteiger partial charge in [-0.05, 0) is 48.6 Å². The highest BCUT2D eigenvalue weighted by atomic mass is 19.2. The normalized spacial score (nSPS) is 12.2. The summed E-state index contributed by atoms with van der Waals surface area (Å²) in [6.07, 6.45) is 0.249. The second-order valence-corrected chi connectivity index (χ2v) is 6.48. The van der Waals surface area contributed by atoms with E-state index in [1.165, 1.54) is 19.1 Å². The van der Waals surface area contributed by atoms with Gasteiger partial charge in [0.1, 0.15) is 0 Å². The first-order valence-corrected chi connectivity index (χ1v) is 7.94. The van der Waals surface area contributed by atoms with Gasteiger partial charge >= 0.3 is 0 Å². The van der Waals surface area contributed by atoms with Crippen LogP contribution in [0.3, 0.4) is 0 Å². The largest absolute Gasteiger partial charge is 0.203 e. The van der Waals surface area contributed by atoms with Gasteiger partial charge in [-0.2, -0.15) is 0 Å². The van der Waals surface area contributed by atoms with E-state index in [1.807, 2.05) is 19.1 Å². The maximum absolute atomic E-state index is 14.8. The van der Waals surface area contributed by atoms with Crippen molar-refractivity contribution in [2.45, 2.75) is 20.3 Å². The number of halogens is 4. The third-order valence-corrected chi connectivity index (χ3v) is 4.75. The molecule has 0 saturated heterocycles. The first-order valence-electron chi connectivity index (χ1n) is 7.94. The van der Waals surface area contributed by atoms with Crippen LogP contribution in [0.25, 0.3) is 22.3 Å². The lowest BCUT2D eigenvalue weighted by atomic mass is 9.96. The van der Waals surface area contributed by atoms with Gasteiger partial charge in [-0.1, -0.05) is 35.9 Å². The molecule has 3 aromatic rings. The molecule has 0 aromatic heterocycles. The van der Waals surface area contributed by atoms with E-state index in [1.54, 1.807) is 12.1 Å². The molecule has 4 heteroatoms. The van der Waals surface area contributed by atoms with Crippen LogP contribution in [0.2, 0.25) is 0 Å². The van der Waals surface area contributed by atoms with Crippen molar-refractivity contribution in [3.05, 3.63) is 81.9 Å². The molecule has 0 N–H and O–H groups in total. The highest BCUT2D eigenvalue weighted by molar-refractivity contribution is 5.82. The fraction of sp³-hybridized carbons (Fsp3) is 0.143. The molecule has 0 unspecified atom stereocenters. The van der Waals surface area contributed by atoms with Gasteiger partial charge in [-0.3, -0.25) is 0 Å². The van der Waals surface area contributed by atoms with Crippen molar-refractivity contribution in [2.75, 3.05) is 0 Å². The van der Waals surface area contributed by atoms with E-state index >= 15 is 0 Å². The smallest absolute Gasteiger partial charge is 0.167 e. The van der Waals surface area contributed by atoms with Gasteiger partial charge in [-0.15, -0.1) is 0 Å². The predicted octanol–water partition coefficient (Wildman–Crippen LogP) is 6.10. The summed E-state index contributed by atoms with van der Waals surface area (Å²) in [5.74, 6) is -4.31. The lowest BCUT2D eigenvalue weighted by Crippen LogP contribution is -1.98. The molecule has 0 radical (unpaired) electrons. The Bertz CT molecular complexity index is 1020. The number of fused-ring (bicyclic) bond motifs is 3. The van der Waals surface area contributed by atoms with Crippen LogP contribution in [0.4, 0.5) is 17.6 Å². The minimum Gasteiger partial charge on any atom is -0.203 e. The van der Waals surface area contributed by atoms with Crippen molar-refractivity contribution in [1.29, 1.82) is 0 Å². The Morgan fingerprint density at radius 3 is 1.88 bits per heavy atom. The quantitative estimate of drug-likeness (QED) is 0.367. The van der Waals surface area contributed by atoms with E-state index in [9.17, 15) is 17.6 Å². The Balaban J connectivity index is 1.97. The van der Waals surface area contributed by atoms with Crippen LogP contribution in [0.1, 0.15) is 22.3 Å². The van der Waals surface area contributed by atoms with Crippen molar-refractivity contribution in [3.63, 3.8) is 0 Å². The van der Waals surface area contributed by atoms with Gasteiger partial charge < -0.3 is 0 Å². The number of rotatable bonds is 1. The molecule has 1 aliphatic rings. The maximum atomic E-state index is 14.8. The van der Waals surface area contributed by atoms with Crippen molar-refractivity contribution >= 4 is 0 Å². The third kappa shape index (κ3) is 2.28. The molecule has 0 bridgehead atoms. The summed E-state index contributed by atoms with van der Waals surface area (Å²) in [5, 5.41) is 0. The van der Waals surface area contributed by atoms with Gasteiger partial charge in [0.25, 0.3) is 0 Å². The first kappa shape index (κ1) is 15.9. The number of benzene rings is 3. The molecular weight excluding hydrogens is 328 g/mol. The van der Waals surface area contributed by atoms with Crippen molar-refractivity contribution < 1.29 is 17.6 Å². The summed E-state index contributed by atoms with van der Waals surface area (Å²) in [4.78, 5) is 0. The lowest BCUT2D eigenvalue weighted by molar-refractivity contribution is 0.499. The first-order chi connectivity index (χ1) is 11.9. The molecule has 126 valence electrons. The summed E-state index contributed by atoms with van der Waals surface area (Å²) in [6, 6.07) is 10.1. The molecule has 0 spiro atoms. The monoisotopic (exact) mass is 342 g/mol. The SMILES string of the molecule is Cc1ccc(-c2cc3c(c(F)c2F)-c2c(cc(C)c(F)c2F)C3)cc1.